The summed E-state index contributed by atoms with van der Waals surface area (Å²) in [5, 5.41) is 0. The number of nitrogen functional groups attached to an aromatic ring is 1. The number of hydrogen-bond acceptors (Lipinski definition) is 4. The molecule has 0 aliphatic carbocycles. The molecular formula is C8H9N3O2. The van der Waals surface area contributed by atoms with Gasteiger partial charge >= 0.3 is 0 Å². The first-order valence-corrected chi connectivity index (χ1v) is 3.59. The number of ketones is 1. The zero-order valence-corrected chi connectivity index (χ0v) is 7.07. The largest absolute Gasteiger partial charge is 0.396 e. The smallest absolute Gasteiger partial charge is 0.269 e. The number of amides is 1. The van der Waals surface area contributed by atoms with Gasteiger partial charge in [-0.15, -0.1) is 0 Å². The highest BCUT2D eigenvalue weighted by atomic mass is 16.1. The number of carbonyl (C=O) groups is 2. The van der Waals surface area contributed by atoms with E-state index in [1.54, 1.807) is 0 Å². The Balaban J connectivity index is 3.35. The summed E-state index contributed by atoms with van der Waals surface area (Å²) < 4.78 is 0. The van der Waals surface area contributed by atoms with Crippen LogP contribution in [0.15, 0.2) is 12.3 Å². The van der Waals surface area contributed by atoms with Crippen molar-refractivity contribution >= 4 is 17.4 Å². The summed E-state index contributed by atoms with van der Waals surface area (Å²) in [7, 11) is 0. The molecule has 0 bridgehead atoms. The van der Waals surface area contributed by atoms with E-state index in [1.165, 1.54) is 19.2 Å². The van der Waals surface area contributed by atoms with Crippen molar-refractivity contribution in [3.8, 4) is 0 Å². The number of pyridine rings is 1. The number of aromatic nitrogens is 1. The molecule has 5 heteroatoms. The molecule has 4 N–H and O–H groups in total. The highest BCUT2D eigenvalue weighted by Crippen LogP contribution is 2.14. The average molecular weight is 179 g/mol. The quantitative estimate of drug-likeness (QED) is 0.622. The Hall–Kier alpha value is -1.91. The molecule has 0 saturated carbocycles. The van der Waals surface area contributed by atoms with Crippen molar-refractivity contribution in [1.29, 1.82) is 0 Å². The minimum Gasteiger partial charge on any atom is -0.396 e. The Morgan fingerprint density at radius 1 is 1.46 bits per heavy atom. The second kappa shape index (κ2) is 3.22. The number of Topliss-reactive ketones (excluding diaryl/α,β-unsaturated/α-hetero) is 1. The molecular weight excluding hydrogens is 170 g/mol. The number of rotatable bonds is 2. The van der Waals surface area contributed by atoms with Gasteiger partial charge in [0.05, 0.1) is 5.69 Å². The fraction of sp³-hybridized carbons (Fsp3) is 0.125. The number of hydrogen-bond donors (Lipinski definition) is 2. The molecule has 1 rings (SSSR count). The lowest BCUT2D eigenvalue weighted by Gasteiger charge is -2.03. The van der Waals surface area contributed by atoms with Crippen molar-refractivity contribution in [3.63, 3.8) is 0 Å². The predicted octanol–water partition coefficient (Wildman–Crippen LogP) is -0.0347. The van der Waals surface area contributed by atoms with E-state index >= 15 is 0 Å². The molecule has 0 aliphatic rings. The lowest BCUT2D eigenvalue weighted by atomic mass is 10.1. The van der Waals surface area contributed by atoms with Crippen molar-refractivity contribution in [2.45, 2.75) is 6.92 Å². The van der Waals surface area contributed by atoms with E-state index in [1.807, 2.05) is 0 Å². The van der Waals surface area contributed by atoms with Gasteiger partial charge in [-0.2, -0.15) is 0 Å². The Morgan fingerprint density at radius 3 is 2.54 bits per heavy atom. The van der Waals surface area contributed by atoms with E-state index in [4.69, 9.17) is 11.5 Å². The van der Waals surface area contributed by atoms with Crippen molar-refractivity contribution < 1.29 is 9.59 Å². The van der Waals surface area contributed by atoms with Crippen LogP contribution in [-0.2, 0) is 0 Å². The zero-order chi connectivity index (χ0) is 10.0. The van der Waals surface area contributed by atoms with Crippen molar-refractivity contribution in [2.24, 2.45) is 5.73 Å². The third-order valence-electron chi connectivity index (χ3n) is 1.60. The maximum absolute atomic E-state index is 11.0. The molecule has 0 aromatic carbocycles. The molecule has 0 unspecified atom stereocenters. The minimum atomic E-state index is -0.736. The van der Waals surface area contributed by atoms with Crippen LogP contribution in [0.2, 0.25) is 0 Å². The van der Waals surface area contributed by atoms with Crippen LogP contribution in [0.1, 0.15) is 27.8 Å². The molecule has 13 heavy (non-hydrogen) atoms. The number of nitrogens with zero attached hydrogens (tertiary/aromatic N) is 1. The van der Waals surface area contributed by atoms with Gasteiger partial charge in [0.25, 0.3) is 5.91 Å². The van der Waals surface area contributed by atoms with E-state index in [-0.39, 0.29) is 22.7 Å². The predicted molar refractivity (Wildman–Crippen MR) is 47.2 cm³/mol. The Kier molecular flexibility index (Phi) is 2.27. The normalized spacial score (nSPS) is 9.62. The van der Waals surface area contributed by atoms with Gasteiger partial charge in [-0.1, -0.05) is 0 Å². The van der Waals surface area contributed by atoms with Crippen LogP contribution in [0.25, 0.3) is 0 Å². The molecule has 1 aromatic rings. The topological polar surface area (TPSA) is 99.1 Å². The first kappa shape index (κ1) is 9.18. The van der Waals surface area contributed by atoms with Crippen LogP contribution in [0.5, 0.6) is 0 Å². The Bertz CT molecular complexity index is 341. The van der Waals surface area contributed by atoms with Gasteiger partial charge in [-0.3, -0.25) is 9.59 Å². The van der Waals surface area contributed by atoms with Crippen LogP contribution in [-0.4, -0.2) is 16.7 Å². The maximum Gasteiger partial charge on any atom is 0.269 e. The molecule has 0 atom stereocenters. The van der Waals surface area contributed by atoms with Crippen LogP contribution < -0.4 is 11.5 Å². The Labute approximate surface area is 74.7 Å². The van der Waals surface area contributed by atoms with E-state index in [0.717, 1.165) is 0 Å². The maximum atomic E-state index is 11.0. The van der Waals surface area contributed by atoms with Crippen LogP contribution in [0.3, 0.4) is 0 Å². The molecule has 1 aromatic heterocycles. The summed E-state index contributed by atoms with van der Waals surface area (Å²) in [5.41, 5.74) is 10.7. The summed E-state index contributed by atoms with van der Waals surface area (Å²) in [4.78, 5) is 25.4. The molecule has 0 fully saturated rings. The molecule has 0 radical (unpaired) electrons. The Morgan fingerprint density at radius 2 is 2.08 bits per heavy atom. The molecule has 1 amide bonds. The van der Waals surface area contributed by atoms with E-state index < -0.39 is 5.91 Å². The van der Waals surface area contributed by atoms with Gasteiger partial charge in [-0.05, 0) is 13.0 Å². The highest BCUT2D eigenvalue weighted by molar-refractivity contribution is 6.05. The minimum absolute atomic E-state index is 0.0440. The molecule has 68 valence electrons. The summed E-state index contributed by atoms with van der Waals surface area (Å²) in [5.74, 6) is -0.956. The standard InChI is InChI=1S/C8H9N3O2/c1-4(12)5-2-3-11-7(6(5)9)8(10)13/h2-3H,9H2,1H3,(H2,10,13). The SMILES string of the molecule is CC(=O)c1ccnc(C(N)=O)c1N. The van der Waals surface area contributed by atoms with Gasteiger partial charge in [0.15, 0.2) is 11.5 Å². The summed E-state index contributed by atoms with van der Waals surface area (Å²) in [6.07, 6.45) is 1.33. The van der Waals surface area contributed by atoms with Crippen LogP contribution in [0, 0.1) is 0 Å². The van der Waals surface area contributed by atoms with Crippen molar-refractivity contribution in [1.82, 2.24) is 4.98 Å². The second-order valence-electron chi connectivity index (χ2n) is 2.54. The summed E-state index contributed by atoms with van der Waals surface area (Å²) in [6, 6.07) is 1.45. The van der Waals surface area contributed by atoms with E-state index in [2.05, 4.69) is 4.98 Å². The number of primary amides is 1. The zero-order valence-electron chi connectivity index (χ0n) is 7.07. The van der Waals surface area contributed by atoms with Crippen LogP contribution >= 0.6 is 0 Å². The lowest BCUT2D eigenvalue weighted by Crippen LogP contribution is -2.17. The summed E-state index contributed by atoms with van der Waals surface area (Å²) >= 11 is 0. The number of anilines is 1. The highest BCUT2D eigenvalue weighted by Gasteiger charge is 2.13. The molecule has 0 aliphatic heterocycles. The van der Waals surface area contributed by atoms with Gasteiger partial charge in [0.1, 0.15) is 0 Å². The summed E-state index contributed by atoms with van der Waals surface area (Å²) in [6.45, 7) is 1.36. The third-order valence-corrected chi connectivity index (χ3v) is 1.60. The number of carbonyl (C=O) groups excluding carboxylic acids is 2. The molecule has 5 nitrogen and oxygen atoms in total. The monoisotopic (exact) mass is 179 g/mol. The van der Waals surface area contributed by atoms with Crippen molar-refractivity contribution in [3.05, 3.63) is 23.5 Å². The first-order chi connectivity index (χ1) is 6.04. The van der Waals surface area contributed by atoms with Gasteiger partial charge in [-0.25, -0.2) is 4.98 Å². The fourth-order valence-corrected chi connectivity index (χ4v) is 0.977. The van der Waals surface area contributed by atoms with Crippen LogP contribution in [0.4, 0.5) is 5.69 Å². The van der Waals surface area contributed by atoms with Gasteiger partial charge in [0, 0.05) is 11.8 Å². The fourth-order valence-electron chi connectivity index (χ4n) is 0.977. The van der Waals surface area contributed by atoms with Gasteiger partial charge in [0.2, 0.25) is 0 Å². The third kappa shape index (κ3) is 1.64. The van der Waals surface area contributed by atoms with E-state index in [0.29, 0.717) is 0 Å². The average Bonchev–Trinajstić information content (AvgIpc) is 2.03. The van der Waals surface area contributed by atoms with Crippen molar-refractivity contribution in [2.75, 3.05) is 5.73 Å². The lowest BCUT2D eigenvalue weighted by molar-refractivity contribution is 0.0996. The first-order valence-electron chi connectivity index (χ1n) is 3.59. The van der Waals surface area contributed by atoms with Gasteiger partial charge < -0.3 is 11.5 Å². The molecule has 1 heterocycles. The molecule has 0 saturated heterocycles. The second-order valence-corrected chi connectivity index (χ2v) is 2.54. The van der Waals surface area contributed by atoms with E-state index in [9.17, 15) is 9.59 Å². The number of nitrogens with two attached hydrogens (primary N) is 2. The molecule has 0 spiro atoms.